The van der Waals surface area contributed by atoms with Gasteiger partial charge >= 0.3 is 5.97 Å². The molecule has 1 atom stereocenters. The predicted octanol–water partition coefficient (Wildman–Crippen LogP) is 2.09. The third-order valence-electron chi connectivity index (χ3n) is 3.38. The number of hydrogen-bond acceptors (Lipinski definition) is 5. The summed E-state index contributed by atoms with van der Waals surface area (Å²) >= 11 is 0. The standard InChI is InChI=1S/C15H23NO4/c1-6-20-14(17)10-15(2,16-3)11-7-8-12(18-4)13(9-11)19-5/h7-9,16H,6,10H2,1-5H3. The van der Waals surface area contributed by atoms with Gasteiger partial charge in [-0.05, 0) is 38.6 Å². The molecule has 0 aliphatic rings. The second kappa shape index (κ2) is 7.14. The summed E-state index contributed by atoms with van der Waals surface area (Å²) in [5.41, 5.74) is 0.414. The molecule has 0 spiro atoms. The first-order valence-electron chi connectivity index (χ1n) is 6.57. The van der Waals surface area contributed by atoms with Gasteiger partial charge in [0.1, 0.15) is 0 Å². The lowest BCUT2D eigenvalue weighted by atomic mass is 9.88. The minimum atomic E-state index is -0.522. The van der Waals surface area contributed by atoms with Gasteiger partial charge in [0.2, 0.25) is 0 Å². The number of carbonyl (C=O) groups excluding carboxylic acids is 1. The quantitative estimate of drug-likeness (QED) is 0.776. The Balaban J connectivity index is 3.07. The summed E-state index contributed by atoms with van der Waals surface area (Å²) in [7, 11) is 4.99. The molecule has 0 aliphatic carbocycles. The third-order valence-corrected chi connectivity index (χ3v) is 3.38. The number of rotatable bonds is 7. The van der Waals surface area contributed by atoms with E-state index in [1.807, 2.05) is 32.2 Å². The van der Waals surface area contributed by atoms with Crippen LogP contribution in [-0.4, -0.2) is 33.8 Å². The number of carbonyl (C=O) groups is 1. The van der Waals surface area contributed by atoms with E-state index in [0.29, 0.717) is 18.1 Å². The Bertz CT molecular complexity index is 461. The molecule has 0 fully saturated rings. The molecule has 5 heteroatoms. The Morgan fingerprint density at radius 2 is 1.90 bits per heavy atom. The van der Waals surface area contributed by atoms with E-state index in [1.54, 1.807) is 21.1 Å². The van der Waals surface area contributed by atoms with Gasteiger partial charge in [0.15, 0.2) is 11.5 Å². The van der Waals surface area contributed by atoms with Crippen LogP contribution in [0.5, 0.6) is 11.5 Å². The molecule has 0 radical (unpaired) electrons. The van der Waals surface area contributed by atoms with E-state index in [-0.39, 0.29) is 12.4 Å². The lowest BCUT2D eigenvalue weighted by molar-refractivity contribution is -0.144. The zero-order valence-electron chi connectivity index (χ0n) is 12.8. The van der Waals surface area contributed by atoms with E-state index in [4.69, 9.17) is 14.2 Å². The normalized spacial score (nSPS) is 13.4. The molecule has 0 saturated carbocycles. The van der Waals surface area contributed by atoms with Crippen LogP contribution in [0.15, 0.2) is 18.2 Å². The molecule has 1 unspecified atom stereocenters. The van der Waals surface area contributed by atoms with Crippen molar-refractivity contribution < 1.29 is 19.0 Å². The Hall–Kier alpha value is -1.75. The van der Waals surface area contributed by atoms with Gasteiger partial charge in [-0.2, -0.15) is 0 Å². The van der Waals surface area contributed by atoms with Crippen LogP contribution >= 0.6 is 0 Å². The van der Waals surface area contributed by atoms with Crippen molar-refractivity contribution in [3.05, 3.63) is 23.8 Å². The molecule has 5 nitrogen and oxygen atoms in total. The first-order chi connectivity index (χ1) is 9.50. The van der Waals surface area contributed by atoms with Crippen molar-refractivity contribution in [2.75, 3.05) is 27.9 Å². The average Bonchev–Trinajstić information content (AvgIpc) is 2.46. The molecule has 1 aromatic rings. The molecule has 1 rings (SSSR count). The maximum atomic E-state index is 11.8. The lowest BCUT2D eigenvalue weighted by Crippen LogP contribution is -2.39. The van der Waals surface area contributed by atoms with E-state index >= 15 is 0 Å². The van der Waals surface area contributed by atoms with Crippen molar-refractivity contribution in [1.82, 2.24) is 5.32 Å². The minimum Gasteiger partial charge on any atom is -0.493 e. The largest absolute Gasteiger partial charge is 0.493 e. The highest BCUT2D eigenvalue weighted by atomic mass is 16.5. The van der Waals surface area contributed by atoms with Crippen molar-refractivity contribution in [1.29, 1.82) is 0 Å². The monoisotopic (exact) mass is 281 g/mol. The SMILES string of the molecule is CCOC(=O)CC(C)(NC)c1ccc(OC)c(OC)c1. The molecular weight excluding hydrogens is 258 g/mol. The van der Waals surface area contributed by atoms with E-state index in [0.717, 1.165) is 5.56 Å². The van der Waals surface area contributed by atoms with Gasteiger partial charge in [-0.25, -0.2) is 0 Å². The molecular formula is C15H23NO4. The van der Waals surface area contributed by atoms with Gasteiger partial charge in [-0.1, -0.05) is 6.07 Å². The number of ether oxygens (including phenoxy) is 3. The van der Waals surface area contributed by atoms with Crippen molar-refractivity contribution in [3.63, 3.8) is 0 Å². The average molecular weight is 281 g/mol. The Kier molecular flexibility index (Phi) is 5.82. The number of nitrogens with one attached hydrogen (secondary N) is 1. The van der Waals surface area contributed by atoms with Crippen molar-refractivity contribution in [2.24, 2.45) is 0 Å². The highest BCUT2D eigenvalue weighted by Gasteiger charge is 2.29. The number of benzene rings is 1. The molecule has 0 aromatic heterocycles. The van der Waals surface area contributed by atoms with Crippen LogP contribution in [0, 0.1) is 0 Å². The molecule has 20 heavy (non-hydrogen) atoms. The fraction of sp³-hybridized carbons (Fsp3) is 0.533. The van der Waals surface area contributed by atoms with Crippen LogP contribution in [-0.2, 0) is 15.1 Å². The summed E-state index contributed by atoms with van der Waals surface area (Å²) in [6, 6.07) is 5.61. The molecule has 0 saturated heterocycles. The molecule has 1 N–H and O–H groups in total. The molecule has 1 aromatic carbocycles. The molecule has 0 aliphatic heterocycles. The van der Waals surface area contributed by atoms with Crippen molar-refractivity contribution in [2.45, 2.75) is 25.8 Å². The molecule has 0 amide bonds. The van der Waals surface area contributed by atoms with Crippen LogP contribution in [0.25, 0.3) is 0 Å². The van der Waals surface area contributed by atoms with Gasteiger partial charge in [0.25, 0.3) is 0 Å². The second-order valence-electron chi connectivity index (χ2n) is 4.63. The summed E-state index contributed by atoms with van der Waals surface area (Å²) in [6.07, 6.45) is 0.243. The first-order valence-corrected chi connectivity index (χ1v) is 6.57. The maximum absolute atomic E-state index is 11.8. The fourth-order valence-electron chi connectivity index (χ4n) is 2.01. The number of hydrogen-bond donors (Lipinski definition) is 1. The maximum Gasteiger partial charge on any atom is 0.307 e. The highest BCUT2D eigenvalue weighted by molar-refractivity contribution is 5.71. The van der Waals surface area contributed by atoms with E-state index in [2.05, 4.69) is 5.32 Å². The van der Waals surface area contributed by atoms with Crippen LogP contribution in [0.4, 0.5) is 0 Å². The Labute approximate surface area is 120 Å². The van der Waals surface area contributed by atoms with E-state index in [9.17, 15) is 4.79 Å². The zero-order chi connectivity index (χ0) is 15.2. The summed E-state index contributed by atoms with van der Waals surface area (Å²) in [5, 5.41) is 3.18. The predicted molar refractivity (Wildman–Crippen MR) is 77.2 cm³/mol. The van der Waals surface area contributed by atoms with Crippen molar-refractivity contribution in [3.8, 4) is 11.5 Å². The van der Waals surface area contributed by atoms with Gasteiger partial charge in [0.05, 0.1) is 32.8 Å². The number of esters is 1. The van der Waals surface area contributed by atoms with Crippen LogP contribution < -0.4 is 14.8 Å². The summed E-state index contributed by atoms with van der Waals surface area (Å²) in [5.74, 6) is 1.06. The van der Waals surface area contributed by atoms with Gasteiger partial charge in [0, 0.05) is 0 Å². The Morgan fingerprint density at radius 3 is 2.40 bits per heavy atom. The molecule has 112 valence electrons. The minimum absolute atomic E-state index is 0.237. The Morgan fingerprint density at radius 1 is 1.25 bits per heavy atom. The van der Waals surface area contributed by atoms with Gasteiger partial charge < -0.3 is 19.5 Å². The zero-order valence-corrected chi connectivity index (χ0v) is 12.8. The van der Waals surface area contributed by atoms with Gasteiger partial charge in [-0.3, -0.25) is 4.79 Å². The van der Waals surface area contributed by atoms with Crippen LogP contribution in [0.3, 0.4) is 0 Å². The molecule has 0 bridgehead atoms. The van der Waals surface area contributed by atoms with Crippen LogP contribution in [0.2, 0.25) is 0 Å². The van der Waals surface area contributed by atoms with E-state index in [1.165, 1.54) is 0 Å². The fourth-order valence-corrected chi connectivity index (χ4v) is 2.01. The second-order valence-corrected chi connectivity index (χ2v) is 4.63. The third kappa shape index (κ3) is 3.63. The van der Waals surface area contributed by atoms with E-state index < -0.39 is 5.54 Å². The van der Waals surface area contributed by atoms with Crippen LogP contribution in [0.1, 0.15) is 25.8 Å². The topological polar surface area (TPSA) is 56.8 Å². The molecule has 0 heterocycles. The lowest BCUT2D eigenvalue weighted by Gasteiger charge is -2.29. The van der Waals surface area contributed by atoms with Crippen molar-refractivity contribution >= 4 is 5.97 Å². The smallest absolute Gasteiger partial charge is 0.307 e. The van der Waals surface area contributed by atoms with Gasteiger partial charge in [-0.15, -0.1) is 0 Å². The summed E-state index contributed by atoms with van der Waals surface area (Å²) in [4.78, 5) is 11.8. The highest BCUT2D eigenvalue weighted by Crippen LogP contribution is 2.33. The summed E-state index contributed by atoms with van der Waals surface area (Å²) < 4.78 is 15.5. The summed E-state index contributed by atoms with van der Waals surface area (Å²) in [6.45, 7) is 4.13. The first kappa shape index (κ1) is 16.3. The number of methoxy groups -OCH3 is 2.